The number of nitrogens with one attached hydrogen (secondary N) is 1. The summed E-state index contributed by atoms with van der Waals surface area (Å²) in [6.45, 7) is 6.10. The second-order valence-corrected chi connectivity index (χ2v) is 7.50. The van der Waals surface area contributed by atoms with Gasteiger partial charge in [-0.05, 0) is 43.7 Å². The SMILES string of the molecule is CC(C)(C)Nc1c(C(=O)c2cccs2)c(O)cc2ccccc12. The van der Waals surface area contributed by atoms with Crippen LogP contribution in [0.25, 0.3) is 10.8 Å². The Bertz CT molecular complexity index is 861. The first kappa shape index (κ1) is 15.6. The third-order valence-corrected chi connectivity index (χ3v) is 4.37. The smallest absolute Gasteiger partial charge is 0.208 e. The molecule has 2 aromatic carbocycles. The molecule has 0 aliphatic carbocycles. The van der Waals surface area contributed by atoms with Gasteiger partial charge in [0.05, 0.1) is 16.1 Å². The summed E-state index contributed by atoms with van der Waals surface area (Å²) in [7, 11) is 0. The fourth-order valence-corrected chi connectivity index (χ4v) is 3.27. The van der Waals surface area contributed by atoms with Crippen molar-refractivity contribution in [2.75, 3.05) is 5.32 Å². The molecule has 0 radical (unpaired) electrons. The molecule has 0 saturated carbocycles. The lowest BCUT2D eigenvalue weighted by Gasteiger charge is -2.25. The fourth-order valence-electron chi connectivity index (χ4n) is 2.60. The molecule has 1 heterocycles. The molecule has 0 aliphatic rings. The van der Waals surface area contributed by atoms with Crippen molar-refractivity contribution in [2.45, 2.75) is 26.3 Å². The van der Waals surface area contributed by atoms with E-state index in [1.54, 1.807) is 12.1 Å². The Hall–Kier alpha value is -2.33. The lowest BCUT2D eigenvalue weighted by atomic mass is 9.97. The van der Waals surface area contributed by atoms with E-state index in [0.29, 0.717) is 16.1 Å². The summed E-state index contributed by atoms with van der Waals surface area (Å²) in [5, 5.41) is 17.6. The van der Waals surface area contributed by atoms with E-state index in [-0.39, 0.29) is 17.1 Å². The van der Waals surface area contributed by atoms with Crippen molar-refractivity contribution in [3.8, 4) is 5.75 Å². The summed E-state index contributed by atoms with van der Waals surface area (Å²) in [4.78, 5) is 13.5. The van der Waals surface area contributed by atoms with Gasteiger partial charge in [0.1, 0.15) is 5.75 Å². The molecule has 0 unspecified atom stereocenters. The standard InChI is InChI=1S/C19H19NO2S/c1-19(2,3)20-17-13-8-5-4-7-12(13)11-14(21)16(17)18(22)15-9-6-10-23-15/h4-11,20-21H,1-3H3. The summed E-state index contributed by atoms with van der Waals surface area (Å²) in [5.41, 5.74) is 0.786. The van der Waals surface area contributed by atoms with Crippen LogP contribution in [0.15, 0.2) is 47.8 Å². The molecule has 0 bridgehead atoms. The minimum atomic E-state index is -0.235. The van der Waals surface area contributed by atoms with Gasteiger partial charge in [0.15, 0.2) is 0 Å². The van der Waals surface area contributed by atoms with Gasteiger partial charge >= 0.3 is 0 Å². The number of carbonyl (C=O) groups is 1. The van der Waals surface area contributed by atoms with E-state index in [9.17, 15) is 9.90 Å². The predicted molar refractivity (Wildman–Crippen MR) is 96.7 cm³/mol. The Morgan fingerprint density at radius 1 is 1.13 bits per heavy atom. The number of aromatic hydroxyl groups is 1. The van der Waals surface area contributed by atoms with Crippen LogP contribution in [0.1, 0.15) is 36.0 Å². The molecule has 3 aromatic rings. The quantitative estimate of drug-likeness (QED) is 0.663. The van der Waals surface area contributed by atoms with Crippen LogP contribution in [-0.4, -0.2) is 16.4 Å². The van der Waals surface area contributed by atoms with Crippen LogP contribution in [0.2, 0.25) is 0 Å². The second-order valence-electron chi connectivity index (χ2n) is 6.55. The van der Waals surface area contributed by atoms with E-state index in [1.165, 1.54) is 11.3 Å². The highest BCUT2D eigenvalue weighted by molar-refractivity contribution is 7.12. The molecule has 0 spiro atoms. The van der Waals surface area contributed by atoms with Crippen LogP contribution in [0, 0.1) is 0 Å². The first-order chi connectivity index (χ1) is 10.9. The minimum absolute atomic E-state index is 0.00819. The molecule has 0 aliphatic heterocycles. The Morgan fingerprint density at radius 2 is 1.87 bits per heavy atom. The molecule has 2 N–H and O–H groups in total. The summed E-state index contributed by atoms with van der Waals surface area (Å²) in [6.07, 6.45) is 0. The molecule has 0 atom stereocenters. The van der Waals surface area contributed by atoms with Crippen molar-refractivity contribution in [3.05, 3.63) is 58.3 Å². The molecular weight excluding hydrogens is 306 g/mol. The molecule has 23 heavy (non-hydrogen) atoms. The lowest BCUT2D eigenvalue weighted by molar-refractivity contribution is 0.104. The van der Waals surface area contributed by atoms with Gasteiger partial charge in [0.25, 0.3) is 0 Å². The topological polar surface area (TPSA) is 49.3 Å². The normalized spacial score (nSPS) is 11.6. The third kappa shape index (κ3) is 3.08. The summed E-state index contributed by atoms with van der Waals surface area (Å²) in [6, 6.07) is 13.0. The van der Waals surface area contributed by atoms with Gasteiger partial charge < -0.3 is 10.4 Å². The maximum Gasteiger partial charge on any atom is 0.208 e. The zero-order valence-electron chi connectivity index (χ0n) is 13.4. The number of fused-ring (bicyclic) bond motifs is 1. The van der Waals surface area contributed by atoms with Gasteiger partial charge in [-0.2, -0.15) is 0 Å². The predicted octanol–water partition coefficient (Wildman–Crippen LogP) is 5.05. The van der Waals surface area contributed by atoms with Crippen molar-refractivity contribution >= 4 is 33.6 Å². The maximum atomic E-state index is 12.9. The first-order valence-corrected chi connectivity index (χ1v) is 8.36. The number of hydrogen-bond donors (Lipinski definition) is 2. The second kappa shape index (κ2) is 5.70. The highest BCUT2D eigenvalue weighted by atomic mass is 32.1. The van der Waals surface area contributed by atoms with Crippen molar-refractivity contribution < 1.29 is 9.90 Å². The largest absolute Gasteiger partial charge is 0.507 e. The van der Waals surface area contributed by atoms with Crippen LogP contribution in [-0.2, 0) is 0 Å². The highest BCUT2D eigenvalue weighted by Crippen LogP contribution is 2.38. The van der Waals surface area contributed by atoms with E-state index < -0.39 is 0 Å². The number of phenols is 1. The van der Waals surface area contributed by atoms with Crippen molar-refractivity contribution in [1.29, 1.82) is 0 Å². The Labute approximate surface area is 139 Å². The Balaban J connectivity index is 2.29. The molecule has 0 saturated heterocycles. The molecule has 4 heteroatoms. The van der Waals surface area contributed by atoms with Crippen LogP contribution >= 0.6 is 11.3 Å². The van der Waals surface area contributed by atoms with Crippen LogP contribution in [0.5, 0.6) is 5.75 Å². The summed E-state index contributed by atoms with van der Waals surface area (Å²) >= 11 is 1.38. The maximum absolute atomic E-state index is 12.9. The number of hydrogen-bond acceptors (Lipinski definition) is 4. The average molecular weight is 325 g/mol. The van der Waals surface area contributed by atoms with Crippen molar-refractivity contribution in [2.24, 2.45) is 0 Å². The van der Waals surface area contributed by atoms with Gasteiger partial charge in [-0.3, -0.25) is 4.79 Å². The van der Waals surface area contributed by atoms with Gasteiger partial charge in [-0.25, -0.2) is 0 Å². The van der Waals surface area contributed by atoms with Gasteiger partial charge in [-0.1, -0.05) is 30.3 Å². The molecule has 0 fully saturated rings. The number of thiophene rings is 1. The van der Waals surface area contributed by atoms with E-state index in [1.807, 2.05) is 56.5 Å². The van der Waals surface area contributed by atoms with Gasteiger partial charge in [0.2, 0.25) is 5.78 Å². The zero-order valence-corrected chi connectivity index (χ0v) is 14.2. The number of phenolic OH excluding ortho intramolecular Hbond substituents is 1. The molecule has 3 rings (SSSR count). The molecule has 0 amide bonds. The summed E-state index contributed by atoms with van der Waals surface area (Å²) < 4.78 is 0. The van der Waals surface area contributed by atoms with E-state index in [4.69, 9.17) is 0 Å². The fraction of sp³-hybridized carbons (Fsp3) is 0.211. The number of rotatable bonds is 3. The van der Waals surface area contributed by atoms with Crippen LogP contribution in [0.4, 0.5) is 5.69 Å². The van der Waals surface area contributed by atoms with Crippen molar-refractivity contribution in [1.82, 2.24) is 0 Å². The Kier molecular flexibility index (Phi) is 3.86. The first-order valence-electron chi connectivity index (χ1n) is 7.48. The number of anilines is 1. The molecule has 1 aromatic heterocycles. The average Bonchev–Trinajstić information content (AvgIpc) is 2.99. The third-order valence-electron chi connectivity index (χ3n) is 3.50. The minimum Gasteiger partial charge on any atom is -0.507 e. The Morgan fingerprint density at radius 3 is 2.52 bits per heavy atom. The lowest BCUT2D eigenvalue weighted by Crippen LogP contribution is -2.27. The number of ketones is 1. The molecule has 3 nitrogen and oxygen atoms in total. The van der Waals surface area contributed by atoms with Crippen molar-refractivity contribution in [3.63, 3.8) is 0 Å². The van der Waals surface area contributed by atoms with E-state index >= 15 is 0 Å². The van der Waals surface area contributed by atoms with Crippen LogP contribution < -0.4 is 5.32 Å². The zero-order chi connectivity index (χ0) is 16.6. The van der Waals surface area contributed by atoms with Gasteiger partial charge in [0, 0.05) is 10.9 Å². The molecular formula is C19H19NO2S. The number of benzene rings is 2. The van der Waals surface area contributed by atoms with Gasteiger partial charge in [-0.15, -0.1) is 11.3 Å². The molecule has 118 valence electrons. The summed E-state index contributed by atoms with van der Waals surface area (Å²) in [5.74, 6) is -0.149. The van der Waals surface area contributed by atoms with E-state index in [0.717, 1.165) is 10.8 Å². The monoisotopic (exact) mass is 325 g/mol. The van der Waals surface area contributed by atoms with E-state index in [2.05, 4.69) is 5.32 Å². The number of carbonyl (C=O) groups excluding carboxylic acids is 1. The van der Waals surface area contributed by atoms with Crippen LogP contribution in [0.3, 0.4) is 0 Å². The highest BCUT2D eigenvalue weighted by Gasteiger charge is 2.24.